The second kappa shape index (κ2) is 11.4. The zero-order chi connectivity index (χ0) is 25.7. The summed E-state index contributed by atoms with van der Waals surface area (Å²) in [6, 6.07) is 10.5. The minimum atomic E-state index is -0.472. The first-order valence-corrected chi connectivity index (χ1v) is 13.4. The number of benzene rings is 1. The lowest BCUT2D eigenvalue weighted by molar-refractivity contribution is 0.0112. The van der Waals surface area contributed by atoms with Crippen molar-refractivity contribution in [1.82, 2.24) is 19.7 Å². The van der Waals surface area contributed by atoms with Gasteiger partial charge in [0.05, 0.1) is 0 Å². The highest BCUT2D eigenvalue weighted by Crippen LogP contribution is 2.39. The number of hydrogen-bond donors (Lipinski definition) is 1. The molecule has 1 N–H and O–H groups in total. The molecular formula is C29H40N4O3. The van der Waals surface area contributed by atoms with Crippen molar-refractivity contribution in [2.24, 2.45) is 11.3 Å². The smallest absolute Gasteiger partial charge is 0.259 e. The third-order valence-electron chi connectivity index (χ3n) is 7.41. The molecule has 7 heteroatoms. The molecule has 4 rings (SSSR count). The molecule has 1 atom stereocenters. The molecule has 3 heterocycles. The van der Waals surface area contributed by atoms with Crippen LogP contribution < -0.4 is 10.7 Å². The first-order valence-electron chi connectivity index (χ1n) is 13.4. The van der Waals surface area contributed by atoms with Crippen molar-refractivity contribution in [3.05, 3.63) is 69.6 Å². The molecule has 7 nitrogen and oxygen atoms in total. The van der Waals surface area contributed by atoms with Crippen LogP contribution in [-0.4, -0.2) is 58.9 Å². The Balaban J connectivity index is 1.56. The van der Waals surface area contributed by atoms with E-state index in [9.17, 15) is 14.4 Å². The van der Waals surface area contributed by atoms with Gasteiger partial charge in [0.15, 0.2) is 0 Å². The Morgan fingerprint density at radius 2 is 1.69 bits per heavy atom. The number of likely N-dealkylation sites (tertiary alicyclic amines) is 2. The number of carbonyl (C=O) groups is 2. The minimum Gasteiger partial charge on any atom is -0.352 e. The first kappa shape index (κ1) is 26.1. The van der Waals surface area contributed by atoms with Gasteiger partial charge in [-0.3, -0.25) is 19.3 Å². The number of nitrogens with zero attached hydrogens (tertiary/aromatic N) is 3. The lowest BCUT2D eigenvalue weighted by Crippen LogP contribution is -2.54. The maximum Gasteiger partial charge on any atom is 0.259 e. The SMILES string of the molecule is CCNC(=O)c1cn(CC(C)C)cc(C(=O)N2CCCC3(CCCN(Cc4ccccc4)C3)C2)c1=O. The van der Waals surface area contributed by atoms with E-state index in [-0.39, 0.29) is 22.4 Å². The maximum absolute atomic E-state index is 13.8. The van der Waals surface area contributed by atoms with E-state index in [2.05, 4.69) is 48.3 Å². The van der Waals surface area contributed by atoms with E-state index in [1.165, 1.54) is 5.56 Å². The van der Waals surface area contributed by atoms with Gasteiger partial charge in [-0.1, -0.05) is 44.2 Å². The van der Waals surface area contributed by atoms with Gasteiger partial charge in [0.1, 0.15) is 11.1 Å². The molecule has 2 aliphatic heterocycles. The van der Waals surface area contributed by atoms with E-state index in [1.54, 1.807) is 12.4 Å². The van der Waals surface area contributed by atoms with E-state index >= 15 is 0 Å². The Hall–Kier alpha value is -2.93. The van der Waals surface area contributed by atoms with Gasteiger partial charge in [-0.25, -0.2) is 0 Å². The van der Waals surface area contributed by atoms with E-state index in [0.29, 0.717) is 32.1 Å². The second-order valence-electron chi connectivity index (χ2n) is 11.0. The quantitative estimate of drug-likeness (QED) is 0.639. The Kier molecular flexibility index (Phi) is 8.29. The molecule has 0 aliphatic carbocycles. The van der Waals surface area contributed by atoms with Crippen LogP contribution in [0.2, 0.25) is 0 Å². The van der Waals surface area contributed by atoms with Crippen molar-refractivity contribution in [2.75, 3.05) is 32.7 Å². The molecule has 1 unspecified atom stereocenters. The Morgan fingerprint density at radius 1 is 1.00 bits per heavy atom. The summed E-state index contributed by atoms with van der Waals surface area (Å²) in [4.78, 5) is 44.1. The molecular weight excluding hydrogens is 452 g/mol. The van der Waals surface area contributed by atoms with E-state index in [4.69, 9.17) is 0 Å². The van der Waals surface area contributed by atoms with Crippen LogP contribution in [0.5, 0.6) is 0 Å². The summed E-state index contributed by atoms with van der Waals surface area (Å²) < 4.78 is 1.83. The normalized spacial score (nSPS) is 20.6. The molecule has 2 aromatic rings. The van der Waals surface area contributed by atoms with Crippen LogP contribution >= 0.6 is 0 Å². The van der Waals surface area contributed by atoms with Crippen molar-refractivity contribution >= 4 is 11.8 Å². The molecule has 2 amide bonds. The molecule has 0 saturated carbocycles. The number of piperidine rings is 2. The fourth-order valence-corrected chi connectivity index (χ4v) is 5.90. The molecule has 0 radical (unpaired) electrons. The lowest BCUT2D eigenvalue weighted by Gasteiger charge is -2.48. The van der Waals surface area contributed by atoms with E-state index < -0.39 is 11.3 Å². The summed E-state index contributed by atoms with van der Waals surface area (Å²) in [5.74, 6) is -0.356. The van der Waals surface area contributed by atoms with Crippen LogP contribution in [0.3, 0.4) is 0 Å². The highest BCUT2D eigenvalue weighted by Gasteiger charge is 2.41. The van der Waals surface area contributed by atoms with Crippen LogP contribution in [0.25, 0.3) is 0 Å². The average molecular weight is 493 g/mol. The third-order valence-corrected chi connectivity index (χ3v) is 7.41. The number of hydrogen-bond acceptors (Lipinski definition) is 4. The van der Waals surface area contributed by atoms with Crippen molar-refractivity contribution in [3.8, 4) is 0 Å². The van der Waals surface area contributed by atoms with Crippen molar-refractivity contribution < 1.29 is 9.59 Å². The highest BCUT2D eigenvalue weighted by molar-refractivity contribution is 5.99. The number of pyridine rings is 1. The molecule has 2 aliphatic rings. The van der Waals surface area contributed by atoms with Crippen LogP contribution in [-0.2, 0) is 13.1 Å². The van der Waals surface area contributed by atoms with Crippen LogP contribution in [0, 0.1) is 11.3 Å². The van der Waals surface area contributed by atoms with Crippen molar-refractivity contribution in [3.63, 3.8) is 0 Å². The monoisotopic (exact) mass is 492 g/mol. The number of nitrogens with one attached hydrogen (secondary N) is 1. The summed E-state index contributed by atoms with van der Waals surface area (Å²) in [6.45, 7) is 11.3. The van der Waals surface area contributed by atoms with Crippen molar-refractivity contribution in [2.45, 2.75) is 59.5 Å². The molecule has 0 bridgehead atoms. The number of aromatic nitrogens is 1. The number of rotatable bonds is 7. The third kappa shape index (κ3) is 6.06. The molecule has 194 valence electrons. The average Bonchev–Trinajstić information content (AvgIpc) is 2.85. The summed E-state index contributed by atoms with van der Waals surface area (Å²) in [5.41, 5.74) is 1.04. The van der Waals surface area contributed by atoms with Gasteiger partial charge in [0, 0.05) is 57.1 Å². The zero-order valence-corrected chi connectivity index (χ0v) is 22.0. The molecule has 1 spiro atoms. The fourth-order valence-electron chi connectivity index (χ4n) is 5.90. The van der Waals surface area contributed by atoms with E-state index in [1.807, 2.05) is 22.5 Å². The molecule has 1 aromatic carbocycles. The van der Waals surface area contributed by atoms with Crippen LogP contribution in [0.15, 0.2) is 47.5 Å². The van der Waals surface area contributed by atoms with Crippen LogP contribution in [0.1, 0.15) is 72.7 Å². The summed E-state index contributed by atoms with van der Waals surface area (Å²) in [5, 5.41) is 2.72. The summed E-state index contributed by atoms with van der Waals surface area (Å²) >= 11 is 0. The number of amides is 2. The van der Waals surface area contributed by atoms with Gasteiger partial charge in [-0.15, -0.1) is 0 Å². The Bertz CT molecular complexity index is 1120. The lowest BCUT2D eigenvalue weighted by atomic mass is 9.73. The largest absolute Gasteiger partial charge is 0.352 e. The standard InChI is InChI=1S/C29H40N4O3/c1-4-30-27(35)24-18-32(16-22(2)3)19-25(26(24)34)28(36)33-15-9-13-29(21-33)12-8-14-31(20-29)17-23-10-6-5-7-11-23/h5-7,10-11,18-19,22H,4,8-9,12-17,20-21H2,1-3H3,(H,30,35). The van der Waals surface area contributed by atoms with Gasteiger partial charge in [-0.05, 0) is 50.6 Å². The predicted molar refractivity (Wildman–Crippen MR) is 142 cm³/mol. The Morgan fingerprint density at radius 3 is 2.39 bits per heavy atom. The molecule has 1 aromatic heterocycles. The van der Waals surface area contributed by atoms with Gasteiger partial charge < -0.3 is 14.8 Å². The number of carbonyl (C=O) groups excluding carboxylic acids is 2. The Labute approximate surface area is 214 Å². The topological polar surface area (TPSA) is 74.7 Å². The van der Waals surface area contributed by atoms with Gasteiger partial charge in [-0.2, -0.15) is 0 Å². The minimum absolute atomic E-state index is 0.0433. The fraction of sp³-hybridized carbons (Fsp3) is 0.552. The maximum atomic E-state index is 13.8. The first-order chi connectivity index (χ1) is 17.3. The molecule has 2 saturated heterocycles. The van der Waals surface area contributed by atoms with Gasteiger partial charge >= 0.3 is 0 Å². The zero-order valence-electron chi connectivity index (χ0n) is 22.0. The highest BCUT2D eigenvalue weighted by atomic mass is 16.2. The van der Waals surface area contributed by atoms with E-state index in [0.717, 1.165) is 45.3 Å². The van der Waals surface area contributed by atoms with Crippen molar-refractivity contribution in [1.29, 1.82) is 0 Å². The summed E-state index contributed by atoms with van der Waals surface area (Å²) in [6.07, 6.45) is 7.47. The second-order valence-corrected chi connectivity index (χ2v) is 11.0. The molecule has 2 fully saturated rings. The predicted octanol–water partition coefficient (Wildman–Crippen LogP) is 3.77. The summed E-state index contributed by atoms with van der Waals surface area (Å²) in [7, 11) is 0. The van der Waals surface area contributed by atoms with Gasteiger partial charge in [0.2, 0.25) is 5.43 Å². The van der Waals surface area contributed by atoms with Gasteiger partial charge in [0.25, 0.3) is 11.8 Å². The molecule has 36 heavy (non-hydrogen) atoms. The van der Waals surface area contributed by atoms with Crippen LogP contribution in [0.4, 0.5) is 0 Å².